The standard InChI is InChI=1S/C39H39F5N4O2/c1-4-46(5-2)19-20-47(24-27-9-11-28(12-10-27)29-13-16-31(17-14-29)39(42,43)44)36(50)25-48-32(18-15-30-7-6-8-33(40)37(30)41)22-35(49)38-34(48)21-26(3)23-45-38/h6-14,16-17,21-23H,4-5,15,18-20,24-25H2,1-3H3. The first-order valence-corrected chi connectivity index (χ1v) is 16.6. The Bertz CT molecular complexity index is 2000. The van der Waals surface area contributed by atoms with Crippen LogP contribution in [0.3, 0.4) is 0 Å². The predicted molar refractivity (Wildman–Crippen MR) is 185 cm³/mol. The fourth-order valence-corrected chi connectivity index (χ4v) is 6.00. The third kappa shape index (κ3) is 8.63. The number of aromatic nitrogens is 2. The zero-order valence-electron chi connectivity index (χ0n) is 28.2. The molecule has 0 spiro atoms. The molecule has 0 bridgehead atoms. The number of fused-ring (bicyclic) bond motifs is 1. The summed E-state index contributed by atoms with van der Waals surface area (Å²) < 4.78 is 69.4. The average Bonchev–Trinajstić information content (AvgIpc) is 3.10. The van der Waals surface area contributed by atoms with Gasteiger partial charge in [0.2, 0.25) is 11.3 Å². The van der Waals surface area contributed by atoms with Gasteiger partial charge in [-0.25, -0.2) is 8.78 Å². The lowest BCUT2D eigenvalue weighted by molar-refractivity contribution is -0.137. The maximum atomic E-state index is 14.5. The van der Waals surface area contributed by atoms with Crippen molar-refractivity contribution < 1.29 is 26.7 Å². The maximum absolute atomic E-state index is 14.5. The van der Waals surface area contributed by atoms with Crippen LogP contribution in [-0.2, 0) is 36.9 Å². The second-order valence-electron chi connectivity index (χ2n) is 12.3. The number of rotatable bonds is 13. The molecule has 1 amide bonds. The summed E-state index contributed by atoms with van der Waals surface area (Å²) in [6.07, 6.45) is -2.54. The fraction of sp³-hybridized carbons (Fsp3) is 0.308. The molecule has 2 heterocycles. The Hall–Kier alpha value is -4.90. The molecule has 6 nitrogen and oxygen atoms in total. The van der Waals surface area contributed by atoms with E-state index in [9.17, 15) is 31.5 Å². The van der Waals surface area contributed by atoms with E-state index in [4.69, 9.17) is 0 Å². The molecule has 5 aromatic rings. The Balaban J connectivity index is 1.44. The number of likely N-dealkylation sites (N-methyl/N-ethyl adjacent to an activating group) is 1. The van der Waals surface area contributed by atoms with Crippen LogP contribution in [0, 0.1) is 18.6 Å². The Morgan fingerprint density at radius 1 is 0.860 bits per heavy atom. The Labute approximate surface area is 287 Å². The van der Waals surface area contributed by atoms with E-state index in [0.717, 1.165) is 48.0 Å². The van der Waals surface area contributed by atoms with Gasteiger partial charge in [0.15, 0.2) is 11.6 Å². The highest BCUT2D eigenvalue weighted by Gasteiger charge is 2.30. The molecule has 0 unspecified atom stereocenters. The number of nitrogens with zero attached hydrogens (tertiary/aromatic N) is 4. The molecular formula is C39H39F5N4O2. The van der Waals surface area contributed by atoms with E-state index in [1.807, 2.05) is 45.0 Å². The number of benzene rings is 3. The number of carbonyl (C=O) groups excluding carboxylic acids is 1. The van der Waals surface area contributed by atoms with Crippen LogP contribution in [0.1, 0.15) is 41.8 Å². The molecule has 3 aromatic carbocycles. The van der Waals surface area contributed by atoms with Gasteiger partial charge in [-0.1, -0.05) is 62.4 Å². The molecule has 0 atom stereocenters. The highest BCUT2D eigenvalue weighted by atomic mass is 19.4. The largest absolute Gasteiger partial charge is 0.416 e. The van der Waals surface area contributed by atoms with Crippen molar-refractivity contribution in [1.29, 1.82) is 0 Å². The number of carbonyl (C=O) groups is 1. The molecule has 0 aliphatic rings. The molecule has 11 heteroatoms. The molecule has 0 saturated heterocycles. The topological polar surface area (TPSA) is 58.4 Å². The molecule has 2 aromatic heterocycles. The van der Waals surface area contributed by atoms with Crippen LogP contribution in [0.2, 0.25) is 0 Å². The molecule has 0 aliphatic carbocycles. The van der Waals surface area contributed by atoms with E-state index >= 15 is 0 Å². The van der Waals surface area contributed by atoms with Gasteiger partial charge in [-0.3, -0.25) is 14.6 Å². The van der Waals surface area contributed by atoms with Gasteiger partial charge in [-0.15, -0.1) is 0 Å². The van der Waals surface area contributed by atoms with Crippen LogP contribution in [0.4, 0.5) is 22.0 Å². The first-order chi connectivity index (χ1) is 23.9. The normalized spacial score (nSPS) is 11.8. The average molecular weight is 691 g/mol. The number of pyridine rings is 2. The number of hydrogen-bond donors (Lipinski definition) is 0. The first kappa shape index (κ1) is 36.4. The number of aryl methyl sites for hydroxylation is 3. The van der Waals surface area contributed by atoms with Gasteiger partial charge in [0.1, 0.15) is 12.1 Å². The molecule has 50 heavy (non-hydrogen) atoms. The predicted octanol–water partition coefficient (Wildman–Crippen LogP) is 7.82. The lowest BCUT2D eigenvalue weighted by atomic mass is 10.0. The van der Waals surface area contributed by atoms with E-state index in [1.54, 1.807) is 21.7 Å². The van der Waals surface area contributed by atoms with Crippen molar-refractivity contribution in [3.63, 3.8) is 0 Å². The van der Waals surface area contributed by atoms with E-state index in [-0.39, 0.29) is 48.3 Å². The third-order valence-electron chi connectivity index (χ3n) is 8.95. The summed E-state index contributed by atoms with van der Waals surface area (Å²) in [6.45, 7) is 8.73. The van der Waals surface area contributed by atoms with E-state index in [2.05, 4.69) is 9.88 Å². The summed E-state index contributed by atoms with van der Waals surface area (Å²) in [6, 6.07) is 19.5. The molecule has 0 aliphatic heterocycles. The lowest BCUT2D eigenvalue weighted by Gasteiger charge is -2.28. The molecule has 0 saturated carbocycles. The third-order valence-corrected chi connectivity index (χ3v) is 8.95. The van der Waals surface area contributed by atoms with Crippen LogP contribution in [-0.4, -0.2) is 51.4 Å². The molecule has 0 radical (unpaired) electrons. The minimum Gasteiger partial charge on any atom is -0.336 e. The SMILES string of the molecule is CCN(CC)CCN(Cc1ccc(-c2ccc(C(F)(F)F)cc2)cc1)C(=O)Cn1c(CCc2cccc(F)c2F)cc(=O)c2ncc(C)cc21. The van der Waals surface area contributed by atoms with Crippen LogP contribution < -0.4 is 5.43 Å². The smallest absolute Gasteiger partial charge is 0.336 e. The van der Waals surface area contributed by atoms with Gasteiger partial charge in [0.05, 0.1) is 11.1 Å². The highest BCUT2D eigenvalue weighted by Crippen LogP contribution is 2.31. The van der Waals surface area contributed by atoms with Crippen molar-refractivity contribution in [3.05, 3.63) is 135 Å². The number of hydrogen-bond acceptors (Lipinski definition) is 4. The molecule has 0 N–H and O–H groups in total. The maximum Gasteiger partial charge on any atom is 0.416 e. The van der Waals surface area contributed by atoms with E-state index in [0.29, 0.717) is 29.9 Å². The quantitative estimate of drug-likeness (QED) is 0.118. The minimum absolute atomic E-state index is 0.110. The van der Waals surface area contributed by atoms with Crippen LogP contribution in [0.25, 0.3) is 22.2 Å². The first-order valence-electron chi connectivity index (χ1n) is 16.6. The van der Waals surface area contributed by atoms with Crippen molar-refractivity contribution in [2.24, 2.45) is 0 Å². The monoisotopic (exact) mass is 690 g/mol. The zero-order valence-corrected chi connectivity index (χ0v) is 28.2. The summed E-state index contributed by atoms with van der Waals surface area (Å²) >= 11 is 0. The summed E-state index contributed by atoms with van der Waals surface area (Å²) in [7, 11) is 0. The minimum atomic E-state index is -4.42. The molecule has 5 rings (SSSR count). The molecule has 0 fully saturated rings. The van der Waals surface area contributed by atoms with Gasteiger partial charge < -0.3 is 14.4 Å². The van der Waals surface area contributed by atoms with E-state index in [1.165, 1.54) is 30.3 Å². The van der Waals surface area contributed by atoms with Gasteiger partial charge in [0, 0.05) is 37.6 Å². The molecule has 262 valence electrons. The van der Waals surface area contributed by atoms with Gasteiger partial charge in [-0.2, -0.15) is 13.2 Å². The van der Waals surface area contributed by atoms with Crippen molar-refractivity contribution in [2.45, 2.75) is 52.9 Å². The van der Waals surface area contributed by atoms with Crippen LogP contribution in [0.5, 0.6) is 0 Å². The Morgan fingerprint density at radius 2 is 1.52 bits per heavy atom. The van der Waals surface area contributed by atoms with Gasteiger partial charge in [0.25, 0.3) is 0 Å². The van der Waals surface area contributed by atoms with Crippen molar-refractivity contribution in [1.82, 2.24) is 19.4 Å². The zero-order chi connectivity index (χ0) is 36.0. The van der Waals surface area contributed by atoms with Crippen molar-refractivity contribution >= 4 is 16.9 Å². The highest BCUT2D eigenvalue weighted by molar-refractivity contribution is 5.81. The fourth-order valence-electron chi connectivity index (χ4n) is 6.00. The summed E-state index contributed by atoms with van der Waals surface area (Å²) in [5.41, 5.74) is 3.30. The van der Waals surface area contributed by atoms with Crippen molar-refractivity contribution in [3.8, 4) is 11.1 Å². The summed E-state index contributed by atoms with van der Waals surface area (Å²) in [4.78, 5) is 35.7. The van der Waals surface area contributed by atoms with E-state index < -0.39 is 23.4 Å². The molecular weight excluding hydrogens is 651 g/mol. The summed E-state index contributed by atoms with van der Waals surface area (Å²) in [5.74, 6) is -2.11. The number of halogens is 5. The van der Waals surface area contributed by atoms with Gasteiger partial charge >= 0.3 is 6.18 Å². The van der Waals surface area contributed by atoms with Crippen LogP contribution >= 0.6 is 0 Å². The summed E-state index contributed by atoms with van der Waals surface area (Å²) in [5, 5.41) is 0. The second-order valence-corrected chi connectivity index (χ2v) is 12.3. The Morgan fingerprint density at radius 3 is 2.16 bits per heavy atom. The number of amides is 1. The second kappa shape index (κ2) is 15.8. The Kier molecular flexibility index (Phi) is 11.5. The van der Waals surface area contributed by atoms with Crippen molar-refractivity contribution in [2.75, 3.05) is 26.2 Å². The lowest BCUT2D eigenvalue weighted by Crippen LogP contribution is -2.40. The van der Waals surface area contributed by atoms with Crippen LogP contribution in [0.15, 0.2) is 89.9 Å². The number of alkyl halides is 3. The van der Waals surface area contributed by atoms with Gasteiger partial charge in [-0.05, 0) is 84.9 Å².